The minimum Gasteiger partial charge on any atom is -0.457 e. The molecule has 0 heterocycles. The lowest BCUT2D eigenvalue weighted by Gasteiger charge is -2.07. The molecule has 0 saturated carbocycles. The van der Waals surface area contributed by atoms with Gasteiger partial charge >= 0.3 is 0 Å². The fourth-order valence-electron chi connectivity index (χ4n) is 1.61. The quantitative estimate of drug-likeness (QED) is 0.788. The summed E-state index contributed by atoms with van der Waals surface area (Å²) in [6.45, 7) is 0. The second-order valence-electron chi connectivity index (χ2n) is 3.86. The van der Waals surface area contributed by atoms with E-state index in [1.807, 2.05) is 54.6 Å². The first-order valence-electron chi connectivity index (χ1n) is 5.63. The number of hydrogen-bond acceptors (Lipinski definition) is 2. The number of rotatable bonds is 4. The molecule has 0 bridgehead atoms. The maximum atomic E-state index is 8.77. The van der Waals surface area contributed by atoms with E-state index >= 15 is 0 Å². The molecule has 1 atom stereocenters. The highest BCUT2D eigenvalue weighted by Gasteiger charge is 2.05. The molecule has 0 saturated heterocycles. The molecule has 0 radical (unpaired) electrons. The Hall–Kier alpha value is -1.79. The molecule has 0 amide bonds. The number of hydrogen-bond donors (Lipinski definition) is 0. The summed E-state index contributed by atoms with van der Waals surface area (Å²) in [5, 5.41) is 8.77. The fraction of sp³-hybridized carbons (Fsp3) is 0.133. The van der Waals surface area contributed by atoms with Crippen molar-refractivity contribution in [2.45, 2.75) is 11.2 Å². The van der Waals surface area contributed by atoms with Crippen LogP contribution in [-0.2, 0) is 6.42 Å². The lowest BCUT2D eigenvalue weighted by molar-refractivity contribution is 0.482. The molecule has 2 rings (SSSR count). The van der Waals surface area contributed by atoms with Crippen molar-refractivity contribution in [3.05, 3.63) is 60.2 Å². The van der Waals surface area contributed by atoms with Gasteiger partial charge in [0.25, 0.3) is 0 Å². The molecule has 0 aromatic heterocycles. The lowest BCUT2D eigenvalue weighted by atomic mass is 10.1. The lowest BCUT2D eigenvalue weighted by Crippen LogP contribution is -1.98. The van der Waals surface area contributed by atoms with Crippen molar-refractivity contribution in [1.29, 1.82) is 5.26 Å². The fourth-order valence-corrected chi connectivity index (χ4v) is 1.99. The largest absolute Gasteiger partial charge is 0.457 e. The van der Waals surface area contributed by atoms with Crippen LogP contribution in [0.1, 0.15) is 5.56 Å². The van der Waals surface area contributed by atoms with E-state index in [1.54, 1.807) is 0 Å². The van der Waals surface area contributed by atoms with Gasteiger partial charge < -0.3 is 4.74 Å². The normalized spacial score (nSPS) is 11.6. The first-order valence-corrected chi connectivity index (χ1v) is 6.55. The van der Waals surface area contributed by atoms with Crippen molar-refractivity contribution in [2.75, 3.05) is 0 Å². The second kappa shape index (κ2) is 6.23. The predicted molar refractivity (Wildman–Crippen MR) is 75.0 cm³/mol. The Morgan fingerprint density at radius 1 is 1.06 bits per heavy atom. The Morgan fingerprint density at radius 2 is 1.78 bits per heavy atom. The molecule has 0 fully saturated rings. The zero-order valence-corrected chi connectivity index (χ0v) is 11.3. The Labute approximate surface area is 115 Å². The van der Waals surface area contributed by atoms with E-state index in [1.165, 1.54) is 0 Å². The van der Waals surface area contributed by atoms with Gasteiger partial charge in [0.05, 0.1) is 6.07 Å². The van der Waals surface area contributed by atoms with Crippen molar-refractivity contribution in [3.63, 3.8) is 0 Å². The number of para-hydroxylation sites is 1. The number of alkyl halides is 1. The van der Waals surface area contributed by atoms with Gasteiger partial charge in [0, 0.05) is 0 Å². The first kappa shape index (κ1) is 12.7. The number of nitrogens with zero attached hydrogens (tertiary/aromatic N) is 1. The summed E-state index contributed by atoms with van der Waals surface area (Å²) in [5.74, 6) is 1.60. The van der Waals surface area contributed by atoms with Gasteiger partial charge in [0.2, 0.25) is 0 Å². The summed E-state index contributed by atoms with van der Waals surface area (Å²) in [6.07, 6.45) is 0.669. The average molecular weight is 302 g/mol. The van der Waals surface area contributed by atoms with Crippen LogP contribution in [0.25, 0.3) is 0 Å². The topological polar surface area (TPSA) is 33.0 Å². The molecule has 0 N–H and O–H groups in total. The standard InChI is InChI=1S/C15H12BrNO/c16-13(11-17)9-12-5-4-8-15(10-12)18-14-6-2-1-3-7-14/h1-8,10,13H,9H2. The Morgan fingerprint density at radius 3 is 2.50 bits per heavy atom. The van der Waals surface area contributed by atoms with Crippen molar-refractivity contribution >= 4 is 15.9 Å². The van der Waals surface area contributed by atoms with Gasteiger partial charge in [0.1, 0.15) is 16.3 Å². The smallest absolute Gasteiger partial charge is 0.127 e. The highest BCUT2D eigenvalue weighted by atomic mass is 79.9. The van der Waals surface area contributed by atoms with Crippen LogP contribution in [-0.4, -0.2) is 4.83 Å². The molecule has 90 valence electrons. The van der Waals surface area contributed by atoms with Crippen LogP contribution >= 0.6 is 15.9 Å². The second-order valence-corrected chi connectivity index (χ2v) is 4.97. The summed E-state index contributed by atoms with van der Waals surface area (Å²) >= 11 is 3.30. The SMILES string of the molecule is N#CC(Br)Cc1cccc(Oc2ccccc2)c1. The van der Waals surface area contributed by atoms with Gasteiger partial charge in [-0.3, -0.25) is 0 Å². The van der Waals surface area contributed by atoms with Gasteiger partial charge in [-0.2, -0.15) is 5.26 Å². The molecule has 2 aromatic carbocycles. The van der Waals surface area contributed by atoms with Crippen LogP contribution in [0.4, 0.5) is 0 Å². The molecule has 2 aromatic rings. The Balaban J connectivity index is 2.11. The van der Waals surface area contributed by atoms with Crippen LogP contribution in [0, 0.1) is 11.3 Å². The molecule has 0 spiro atoms. The summed E-state index contributed by atoms with van der Waals surface area (Å²) in [4.78, 5) is -0.163. The van der Waals surface area contributed by atoms with Gasteiger partial charge in [0.15, 0.2) is 0 Å². The van der Waals surface area contributed by atoms with Crippen molar-refractivity contribution in [2.24, 2.45) is 0 Å². The number of nitriles is 1. The summed E-state index contributed by atoms with van der Waals surface area (Å²) < 4.78 is 5.74. The average Bonchev–Trinajstić information content (AvgIpc) is 2.40. The third-order valence-electron chi connectivity index (χ3n) is 2.43. The maximum absolute atomic E-state index is 8.77. The van der Waals surface area contributed by atoms with E-state index in [9.17, 15) is 0 Å². The molecule has 0 aliphatic heterocycles. The zero-order chi connectivity index (χ0) is 12.8. The van der Waals surface area contributed by atoms with Crippen LogP contribution in [0.15, 0.2) is 54.6 Å². The van der Waals surface area contributed by atoms with Gasteiger partial charge in [-0.1, -0.05) is 46.3 Å². The monoisotopic (exact) mass is 301 g/mol. The number of ether oxygens (including phenoxy) is 1. The Bertz CT molecular complexity index is 548. The highest BCUT2D eigenvalue weighted by molar-refractivity contribution is 9.09. The molecule has 3 heteroatoms. The van der Waals surface area contributed by atoms with Gasteiger partial charge in [-0.15, -0.1) is 0 Å². The van der Waals surface area contributed by atoms with E-state index in [0.29, 0.717) is 6.42 Å². The van der Waals surface area contributed by atoms with E-state index in [2.05, 4.69) is 22.0 Å². The third kappa shape index (κ3) is 3.61. The summed E-state index contributed by atoms with van der Waals surface area (Å²) in [7, 11) is 0. The third-order valence-corrected chi connectivity index (χ3v) is 2.96. The zero-order valence-electron chi connectivity index (χ0n) is 9.71. The van der Waals surface area contributed by atoms with E-state index < -0.39 is 0 Å². The van der Waals surface area contributed by atoms with Gasteiger partial charge in [-0.25, -0.2) is 0 Å². The van der Waals surface area contributed by atoms with Crippen LogP contribution in [0.2, 0.25) is 0 Å². The molecular formula is C15H12BrNO. The minimum absolute atomic E-state index is 0.163. The van der Waals surface area contributed by atoms with Crippen LogP contribution in [0.5, 0.6) is 11.5 Å². The van der Waals surface area contributed by atoms with Gasteiger partial charge in [-0.05, 0) is 36.2 Å². The summed E-state index contributed by atoms with van der Waals surface area (Å²) in [6, 6.07) is 19.6. The van der Waals surface area contributed by atoms with E-state index in [4.69, 9.17) is 10.00 Å². The van der Waals surface area contributed by atoms with Crippen molar-refractivity contribution < 1.29 is 4.74 Å². The van der Waals surface area contributed by atoms with Crippen molar-refractivity contribution in [3.8, 4) is 17.6 Å². The highest BCUT2D eigenvalue weighted by Crippen LogP contribution is 2.22. The van der Waals surface area contributed by atoms with Crippen molar-refractivity contribution in [1.82, 2.24) is 0 Å². The first-order chi connectivity index (χ1) is 8.78. The molecule has 0 aliphatic carbocycles. The Kier molecular flexibility index (Phi) is 4.38. The molecule has 1 unspecified atom stereocenters. The van der Waals surface area contributed by atoms with E-state index in [0.717, 1.165) is 17.1 Å². The predicted octanol–water partition coefficient (Wildman–Crippen LogP) is 4.31. The van der Waals surface area contributed by atoms with Crippen LogP contribution in [0.3, 0.4) is 0 Å². The number of benzene rings is 2. The number of halogens is 1. The summed E-state index contributed by atoms with van der Waals surface area (Å²) in [5.41, 5.74) is 1.08. The molecular weight excluding hydrogens is 290 g/mol. The molecule has 18 heavy (non-hydrogen) atoms. The minimum atomic E-state index is -0.163. The molecule has 0 aliphatic rings. The van der Waals surface area contributed by atoms with Crippen LogP contribution < -0.4 is 4.74 Å². The maximum Gasteiger partial charge on any atom is 0.127 e. The molecule has 2 nitrogen and oxygen atoms in total. The van der Waals surface area contributed by atoms with E-state index in [-0.39, 0.29) is 4.83 Å².